The minimum atomic E-state index is -0.498. The third kappa shape index (κ3) is 6.44. The normalized spacial score (nSPS) is 14.0. The number of nitrogens with zero attached hydrogens (tertiary/aromatic N) is 2. The number of halogens is 1. The molecule has 0 radical (unpaired) electrons. The molecule has 0 bridgehead atoms. The average Bonchev–Trinajstić information content (AvgIpc) is 2.59. The average molecular weight is 491 g/mol. The minimum Gasteiger partial charge on any atom is -0.493 e. The number of carbonyl (C=O) groups excluding carboxylic acids is 1. The van der Waals surface area contributed by atoms with E-state index < -0.39 is 5.60 Å². The summed E-state index contributed by atoms with van der Waals surface area (Å²) in [4.78, 5) is 18.3. The third-order valence-electron chi connectivity index (χ3n) is 4.04. The van der Waals surface area contributed by atoms with E-state index in [1.54, 1.807) is 21.3 Å². The first-order chi connectivity index (χ1) is 12.3. The number of carbonyl (C=O) groups is 1. The van der Waals surface area contributed by atoms with Crippen molar-refractivity contribution in [2.45, 2.75) is 39.3 Å². The summed E-state index contributed by atoms with van der Waals surface area (Å²) in [6.45, 7) is 7.12. The Bertz CT molecular complexity index is 686. The van der Waals surface area contributed by atoms with Crippen molar-refractivity contribution in [3.05, 3.63) is 23.3 Å². The van der Waals surface area contributed by atoms with Crippen LogP contribution < -0.4 is 14.8 Å². The molecule has 2 rings (SSSR count). The van der Waals surface area contributed by atoms with Gasteiger partial charge < -0.3 is 24.4 Å². The fraction of sp³-hybridized carbons (Fsp3) is 0.579. The van der Waals surface area contributed by atoms with Crippen LogP contribution in [-0.2, 0) is 22.5 Å². The van der Waals surface area contributed by atoms with Gasteiger partial charge in [-0.15, -0.1) is 24.0 Å². The van der Waals surface area contributed by atoms with Gasteiger partial charge in [0.2, 0.25) is 0 Å². The van der Waals surface area contributed by atoms with Crippen LogP contribution in [0.2, 0.25) is 0 Å². The molecule has 1 heterocycles. The van der Waals surface area contributed by atoms with Gasteiger partial charge >= 0.3 is 5.97 Å². The van der Waals surface area contributed by atoms with Crippen molar-refractivity contribution < 1.29 is 19.0 Å². The van der Waals surface area contributed by atoms with Gasteiger partial charge in [0.15, 0.2) is 17.5 Å². The molecular formula is C19H30IN3O4. The van der Waals surface area contributed by atoms with Crippen molar-refractivity contribution in [1.82, 2.24) is 10.2 Å². The van der Waals surface area contributed by atoms with E-state index in [0.29, 0.717) is 18.3 Å². The Labute approximate surface area is 178 Å². The van der Waals surface area contributed by atoms with Crippen molar-refractivity contribution in [1.29, 1.82) is 0 Å². The second kappa shape index (κ2) is 10.0. The number of hydrogen-bond donors (Lipinski definition) is 1. The minimum absolute atomic E-state index is 0. The molecular weight excluding hydrogens is 461 g/mol. The van der Waals surface area contributed by atoms with Crippen LogP contribution in [0.15, 0.2) is 17.1 Å². The van der Waals surface area contributed by atoms with Gasteiger partial charge in [0.25, 0.3) is 0 Å². The zero-order valence-electron chi connectivity index (χ0n) is 16.9. The molecule has 7 nitrogen and oxygen atoms in total. The Morgan fingerprint density at radius 1 is 1.19 bits per heavy atom. The molecule has 0 saturated carbocycles. The Morgan fingerprint density at radius 3 is 2.30 bits per heavy atom. The van der Waals surface area contributed by atoms with Crippen LogP contribution in [-0.4, -0.2) is 56.8 Å². The fourth-order valence-electron chi connectivity index (χ4n) is 2.93. The number of hydrogen-bond acceptors (Lipinski definition) is 5. The molecule has 8 heteroatoms. The highest BCUT2D eigenvalue weighted by atomic mass is 127. The van der Waals surface area contributed by atoms with Crippen LogP contribution >= 0.6 is 24.0 Å². The first-order valence-corrected chi connectivity index (χ1v) is 8.68. The van der Waals surface area contributed by atoms with E-state index in [9.17, 15) is 4.79 Å². The van der Waals surface area contributed by atoms with Gasteiger partial charge in [-0.25, -0.2) is 0 Å². The van der Waals surface area contributed by atoms with Crippen molar-refractivity contribution >= 4 is 35.9 Å². The summed E-state index contributed by atoms with van der Waals surface area (Å²) in [6.07, 6.45) is 0.864. The maximum atomic E-state index is 11.9. The molecule has 1 aliphatic rings. The van der Waals surface area contributed by atoms with Crippen LogP contribution in [0.4, 0.5) is 0 Å². The summed E-state index contributed by atoms with van der Waals surface area (Å²) in [7, 11) is 4.98. The Morgan fingerprint density at radius 2 is 1.78 bits per heavy atom. The number of fused-ring (bicyclic) bond motifs is 1. The van der Waals surface area contributed by atoms with E-state index in [1.165, 1.54) is 5.56 Å². The lowest BCUT2D eigenvalue weighted by atomic mass is 9.99. The SMILES string of the molecule is CN=C(NCC(=O)OC(C)(C)C)N1CCc2cc(OC)c(OC)cc2C1.I. The molecule has 0 unspecified atom stereocenters. The Balaban J connectivity index is 0.00000364. The Hall–Kier alpha value is -1.71. The lowest BCUT2D eigenvalue weighted by Crippen LogP contribution is -2.46. The smallest absolute Gasteiger partial charge is 0.325 e. The van der Waals surface area contributed by atoms with Crippen LogP contribution in [0.1, 0.15) is 31.9 Å². The summed E-state index contributed by atoms with van der Waals surface area (Å²) >= 11 is 0. The maximum Gasteiger partial charge on any atom is 0.325 e. The van der Waals surface area contributed by atoms with E-state index in [1.807, 2.05) is 32.9 Å². The lowest BCUT2D eigenvalue weighted by molar-refractivity contribution is -0.153. The number of methoxy groups -OCH3 is 2. The lowest BCUT2D eigenvalue weighted by Gasteiger charge is -2.32. The number of esters is 1. The monoisotopic (exact) mass is 491 g/mol. The van der Waals surface area contributed by atoms with Crippen molar-refractivity contribution in [2.24, 2.45) is 4.99 Å². The fourth-order valence-corrected chi connectivity index (χ4v) is 2.93. The molecule has 0 saturated heterocycles. The quantitative estimate of drug-likeness (QED) is 0.302. The standard InChI is InChI=1S/C19H29N3O4.HI/c1-19(2,3)26-17(23)11-21-18(20-4)22-8-7-13-9-15(24-5)16(25-6)10-14(13)12-22;/h9-10H,7-8,11-12H2,1-6H3,(H,20,21);1H. The summed E-state index contributed by atoms with van der Waals surface area (Å²) in [5.41, 5.74) is 1.90. The van der Waals surface area contributed by atoms with Gasteiger partial charge in [0.1, 0.15) is 12.1 Å². The van der Waals surface area contributed by atoms with Crippen LogP contribution in [0.25, 0.3) is 0 Å². The van der Waals surface area contributed by atoms with Gasteiger partial charge in [-0.2, -0.15) is 0 Å². The molecule has 0 fully saturated rings. The van der Waals surface area contributed by atoms with Gasteiger partial charge in [0, 0.05) is 20.1 Å². The molecule has 1 N–H and O–H groups in total. The number of nitrogens with one attached hydrogen (secondary N) is 1. The largest absolute Gasteiger partial charge is 0.493 e. The van der Waals surface area contributed by atoms with Crippen LogP contribution in [0.5, 0.6) is 11.5 Å². The zero-order valence-corrected chi connectivity index (χ0v) is 19.2. The number of ether oxygens (including phenoxy) is 3. The third-order valence-corrected chi connectivity index (χ3v) is 4.04. The van der Waals surface area contributed by atoms with E-state index in [0.717, 1.165) is 24.3 Å². The van der Waals surface area contributed by atoms with E-state index in [-0.39, 0.29) is 36.5 Å². The molecule has 152 valence electrons. The highest BCUT2D eigenvalue weighted by molar-refractivity contribution is 14.0. The maximum absolute atomic E-state index is 11.9. The molecule has 0 aliphatic carbocycles. The second-order valence-electron chi connectivity index (χ2n) is 7.13. The number of guanidine groups is 1. The van der Waals surface area contributed by atoms with Gasteiger partial charge in [-0.05, 0) is 50.5 Å². The summed E-state index contributed by atoms with van der Waals surface area (Å²) in [5, 5.41) is 3.09. The van der Waals surface area contributed by atoms with E-state index in [2.05, 4.69) is 15.2 Å². The summed E-state index contributed by atoms with van der Waals surface area (Å²) < 4.78 is 16.1. The van der Waals surface area contributed by atoms with Crippen LogP contribution in [0, 0.1) is 0 Å². The van der Waals surface area contributed by atoms with Crippen molar-refractivity contribution in [2.75, 3.05) is 34.4 Å². The highest BCUT2D eigenvalue weighted by Crippen LogP contribution is 2.33. The predicted molar refractivity (Wildman–Crippen MR) is 116 cm³/mol. The molecule has 0 spiro atoms. The number of rotatable bonds is 4. The van der Waals surface area contributed by atoms with Gasteiger partial charge in [-0.1, -0.05) is 0 Å². The predicted octanol–water partition coefficient (Wildman–Crippen LogP) is 2.60. The topological polar surface area (TPSA) is 72.4 Å². The molecule has 1 aromatic rings. The molecule has 0 aromatic heterocycles. The second-order valence-corrected chi connectivity index (χ2v) is 7.13. The van der Waals surface area contributed by atoms with Crippen LogP contribution in [0.3, 0.4) is 0 Å². The molecule has 1 aliphatic heterocycles. The summed E-state index contributed by atoms with van der Waals surface area (Å²) in [5.74, 6) is 1.83. The number of benzene rings is 1. The van der Waals surface area contributed by atoms with Crippen molar-refractivity contribution in [3.8, 4) is 11.5 Å². The van der Waals surface area contributed by atoms with Gasteiger partial charge in [0.05, 0.1) is 14.2 Å². The first-order valence-electron chi connectivity index (χ1n) is 8.68. The molecule has 0 atom stereocenters. The molecule has 0 amide bonds. The zero-order chi connectivity index (χ0) is 19.3. The van der Waals surface area contributed by atoms with Gasteiger partial charge in [-0.3, -0.25) is 9.79 Å². The number of aliphatic imine (C=N–C) groups is 1. The molecule has 27 heavy (non-hydrogen) atoms. The summed E-state index contributed by atoms with van der Waals surface area (Å²) in [6, 6.07) is 4.03. The Kier molecular flexibility index (Phi) is 8.64. The van der Waals surface area contributed by atoms with E-state index in [4.69, 9.17) is 14.2 Å². The highest BCUT2D eigenvalue weighted by Gasteiger charge is 2.23. The molecule has 1 aromatic carbocycles. The van der Waals surface area contributed by atoms with E-state index >= 15 is 0 Å². The van der Waals surface area contributed by atoms with Crippen molar-refractivity contribution in [3.63, 3.8) is 0 Å². The first kappa shape index (κ1) is 23.3.